The molecule has 3 heteroatoms. The van der Waals surface area contributed by atoms with Crippen LogP contribution < -0.4 is 0 Å². The fourth-order valence-corrected chi connectivity index (χ4v) is 2.87. The highest BCUT2D eigenvalue weighted by molar-refractivity contribution is 5.37. The number of ether oxygens (including phenoxy) is 1. The van der Waals surface area contributed by atoms with Crippen LogP contribution in [0.3, 0.4) is 0 Å². The van der Waals surface area contributed by atoms with E-state index in [0.29, 0.717) is 18.3 Å². The predicted octanol–water partition coefficient (Wildman–Crippen LogP) is 1.10. The number of aliphatic hydroxyl groups is 1. The van der Waals surface area contributed by atoms with Gasteiger partial charge in [-0.1, -0.05) is 19.3 Å². The van der Waals surface area contributed by atoms with Gasteiger partial charge in [-0.15, -0.1) is 0 Å². The summed E-state index contributed by atoms with van der Waals surface area (Å²) in [7, 11) is 0. The van der Waals surface area contributed by atoms with Crippen molar-refractivity contribution in [3.63, 3.8) is 0 Å². The van der Waals surface area contributed by atoms with Crippen LogP contribution in [0.25, 0.3) is 0 Å². The Balaban J connectivity index is 1.96. The number of rotatable bonds is 2. The molecule has 0 spiro atoms. The van der Waals surface area contributed by atoms with Gasteiger partial charge in [0.25, 0.3) is 6.47 Å². The number of carbonyl (C=O) groups is 1. The zero-order valence-corrected chi connectivity index (χ0v) is 7.69. The third-order valence-electron chi connectivity index (χ3n) is 3.56. The van der Waals surface area contributed by atoms with Crippen LogP contribution in [0.4, 0.5) is 0 Å². The minimum absolute atomic E-state index is 0.239. The molecule has 4 unspecified atom stereocenters. The van der Waals surface area contributed by atoms with Gasteiger partial charge < -0.3 is 9.84 Å². The molecule has 2 aliphatic rings. The Morgan fingerprint density at radius 3 is 2.62 bits per heavy atom. The number of hydrogen-bond donors (Lipinski definition) is 1. The first kappa shape index (κ1) is 9.00. The van der Waals surface area contributed by atoms with Crippen molar-refractivity contribution >= 4 is 6.47 Å². The average Bonchev–Trinajstić information content (AvgIpc) is 2.52. The second-order valence-electron chi connectivity index (χ2n) is 4.26. The smallest absolute Gasteiger partial charge is 0.293 e. The Morgan fingerprint density at radius 1 is 1.23 bits per heavy atom. The van der Waals surface area contributed by atoms with E-state index in [1.807, 2.05) is 0 Å². The topological polar surface area (TPSA) is 46.5 Å². The molecule has 0 radical (unpaired) electrons. The molecule has 0 saturated heterocycles. The van der Waals surface area contributed by atoms with Crippen molar-refractivity contribution in [3.8, 4) is 0 Å². The van der Waals surface area contributed by atoms with Gasteiger partial charge in [0.15, 0.2) is 0 Å². The normalized spacial score (nSPS) is 44.1. The second kappa shape index (κ2) is 3.66. The Kier molecular flexibility index (Phi) is 2.54. The molecular formula is C10H16O3. The molecule has 0 aliphatic heterocycles. The van der Waals surface area contributed by atoms with Gasteiger partial charge in [-0.05, 0) is 24.7 Å². The third-order valence-corrected chi connectivity index (χ3v) is 3.56. The standard InChI is InChI=1S/C10H16O3/c11-6-13-10-5-8-3-1-2-7(8)4-9(10)12/h6-10,12H,1-5H2. The maximum Gasteiger partial charge on any atom is 0.293 e. The molecule has 13 heavy (non-hydrogen) atoms. The van der Waals surface area contributed by atoms with Crippen LogP contribution >= 0.6 is 0 Å². The number of aliphatic hydroxyl groups excluding tert-OH is 1. The molecule has 0 aromatic carbocycles. The van der Waals surface area contributed by atoms with E-state index in [2.05, 4.69) is 0 Å². The zero-order chi connectivity index (χ0) is 9.26. The summed E-state index contributed by atoms with van der Waals surface area (Å²) in [4.78, 5) is 10.2. The van der Waals surface area contributed by atoms with Gasteiger partial charge in [0.2, 0.25) is 0 Å². The Labute approximate surface area is 78.1 Å². The van der Waals surface area contributed by atoms with Crippen molar-refractivity contribution in [1.82, 2.24) is 0 Å². The molecule has 0 amide bonds. The zero-order valence-electron chi connectivity index (χ0n) is 7.69. The Bertz CT molecular complexity index is 193. The first-order chi connectivity index (χ1) is 6.31. The third kappa shape index (κ3) is 1.70. The summed E-state index contributed by atoms with van der Waals surface area (Å²) in [5, 5.41) is 9.66. The molecule has 2 aliphatic carbocycles. The Morgan fingerprint density at radius 2 is 1.92 bits per heavy atom. The predicted molar refractivity (Wildman–Crippen MR) is 47.0 cm³/mol. The average molecular weight is 184 g/mol. The summed E-state index contributed by atoms with van der Waals surface area (Å²) in [6.45, 7) is 0.461. The van der Waals surface area contributed by atoms with Crippen LogP contribution in [0.5, 0.6) is 0 Å². The lowest BCUT2D eigenvalue weighted by Gasteiger charge is -2.34. The lowest BCUT2D eigenvalue weighted by atomic mass is 9.78. The van der Waals surface area contributed by atoms with E-state index in [1.54, 1.807) is 0 Å². The molecule has 0 aromatic heterocycles. The number of carbonyl (C=O) groups excluding carboxylic acids is 1. The summed E-state index contributed by atoms with van der Waals surface area (Å²) in [5.74, 6) is 1.37. The molecule has 0 bridgehead atoms. The van der Waals surface area contributed by atoms with E-state index in [1.165, 1.54) is 19.3 Å². The lowest BCUT2D eigenvalue weighted by Crippen LogP contribution is -2.38. The summed E-state index contributed by atoms with van der Waals surface area (Å²) in [6.07, 6.45) is 4.79. The monoisotopic (exact) mass is 184 g/mol. The van der Waals surface area contributed by atoms with E-state index in [0.717, 1.165) is 12.8 Å². The van der Waals surface area contributed by atoms with Crippen LogP contribution in [0, 0.1) is 11.8 Å². The molecule has 0 aromatic rings. The molecule has 2 saturated carbocycles. The van der Waals surface area contributed by atoms with Gasteiger partial charge in [-0.3, -0.25) is 4.79 Å². The van der Waals surface area contributed by atoms with Crippen molar-refractivity contribution in [3.05, 3.63) is 0 Å². The van der Waals surface area contributed by atoms with Gasteiger partial charge in [0, 0.05) is 0 Å². The maximum atomic E-state index is 10.2. The van der Waals surface area contributed by atoms with E-state index < -0.39 is 6.10 Å². The largest absolute Gasteiger partial charge is 0.462 e. The number of fused-ring (bicyclic) bond motifs is 1. The van der Waals surface area contributed by atoms with Gasteiger partial charge in [-0.2, -0.15) is 0 Å². The van der Waals surface area contributed by atoms with Crippen LogP contribution in [0.1, 0.15) is 32.1 Å². The van der Waals surface area contributed by atoms with Crippen molar-refractivity contribution in [2.75, 3.05) is 0 Å². The van der Waals surface area contributed by atoms with E-state index in [4.69, 9.17) is 4.74 Å². The van der Waals surface area contributed by atoms with Crippen LogP contribution in [-0.2, 0) is 9.53 Å². The molecule has 4 atom stereocenters. The summed E-state index contributed by atoms with van der Waals surface area (Å²) >= 11 is 0. The van der Waals surface area contributed by atoms with Crippen molar-refractivity contribution in [2.45, 2.75) is 44.3 Å². The molecule has 2 fully saturated rings. The summed E-state index contributed by atoms with van der Waals surface area (Å²) in [6, 6.07) is 0. The van der Waals surface area contributed by atoms with Gasteiger partial charge in [0.05, 0.1) is 6.10 Å². The second-order valence-corrected chi connectivity index (χ2v) is 4.26. The van der Waals surface area contributed by atoms with Gasteiger partial charge in [0.1, 0.15) is 6.10 Å². The molecule has 74 valence electrons. The van der Waals surface area contributed by atoms with Crippen LogP contribution in [0.2, 0.25) is 0 Å². The van der Waals surface area contributed by atoms with E-state index in [9.17, 15) is 9.90 Å². The SMILES string of the molecule is O=COC1CC2CCCC2CC1O. The van der Waals surface area contributed by atoms with Crippen molar-refractivity contribution < 1.29 is 14.6 Å². The van der Waals surface area contributed by atoms with Gasteiger partial charge >= 0.3 is 0 Å². The van der Waals surface area contributed by atoms with Crippen molar-refractivity contribution in [2.24, 2.45) is 11.8 Å². The first-order valence-electron chi connectivity index (χ1n) is 5.08. The quantitative estimate of drug-likeness (QED) is 0.654. The number of hydrogen-bond acceptors (Lipinski definition) is 3. The van der Waals surface area contributed by atoms with Crippen LogP contribution in [0.15, 0.2) is 0 Å². The van der Waals surface area contributed by atoms with E-state index >= 15 is 0 Å². The molecule has 3 nitrogen and oxygen atoms in total. The van der Waals surface area contributed by atoms with Crippen molar-refractivity contribution in [1.29, 1.82) is 0 Å². The maximum absolute atomic E-state index is 10.2. The fraction of sp³-hybridized carbons (Fsp3) is 0.900. The molecular weight excluding hydrogens is 168 g/mol. The Hall–Kier alpha value is -0.570. The first-order valence-corrected chi connectivity index (χ1v) is 5.08. The van der Waals surface area contributed by atoms with Crippen LogP contribution in [-0.4, -0.2) is 23.8 Å². The molecule has 1 N–H and O–H groups in total. The van der Waals surface area contributed by atoms with Gasteiger partial charge in [-0.25, -0.2) is 0 Å². The van der Waals surface area contributed by atoms with E-state index in [-0.39, 0.29) is 6.10 Å². The summed E-state index contributed by atoms with van der Waals surface area (Å²) < 4.78 is 4.87. The minimum atomic E-state index is -0.426. The minimum Gasteiger partial charge on any atom is -0.462 e. The molecule has 0 heterocycles. The lowest BCUT2D eigenvalue weighted by molar-refractivity contribution is -0.145. The molecule has 2 rings (SSSR count). The summed E-state index contributed by atoms with van der Waals surface area (Å²) in [5.41, 5.74) is 0. The highest BCUT2D eigenvalue weighted by Gasteiger charge is 2.39. The highest BCUT2D eigenvalue weighted by atomic mass is 16.5. The highest BCUT2D eigenvalue weighted by Crippen LogP contribution is 2.42. The fourth-order valence-electron chi connectivity index (χ4n) is 2.87.